The molecule has 0 radical (unpaired) electrons. The van der Waals surface area contributed by atoms with Crippen molar-refractivity contribution < 1.29 is 14.3 Å². The van der Waals surface area contributed by atoms with Crippen molar-refractivity contribution >= 4 is 39.9 Å². The molecule has 1 saturated heterocycles. The number of carbonyl (C=O) groups is 2. The molecular weight excluding hydrogens is 424 g/mol. The maximum absolute atomic E-state index is 13.3. The molecule has 168 valence electrons. The zero-order chi connectivity index (χ0) is 22.9. The van der Waals surface area contributed by atoms with Crippen molar-refractivity contribution in [2.75, 3.05) is 36.5 Å². The molecule has 0 bridgehead atoms. The van der Waals surface area contributed by atoms with E-state index in [1.807, 2.05) is 29.2 Å². The van der Waals surface area contributed by atoms with Crippen LogP contribution in [0.1, 0.15) is 17.3 Å². The lowest BCUT2D eigenvalue weighted by Crippen LogP contribution is -2.37. The summed E-state index contributed by atoms with van der Waals surface area (Å²) < 4.78 is 8.09. The summed E-state index contributed by atoms with van der Waals surface area (Å²) in [4.78, 5) is 44.1. The van der Waals surface area contributed by atoms with E-state index >= 15 is 0 Å². The first-order chi connectivity index (χ1) is 16.0. The van der Waals surface area contributed by atoms with E-state index in [0.29, 0.717) is 60.1 Å². The number of amides is 1. The average molecular weight is 446 g/mol. The lowest BCUT2D eigenvalue weighted by Gasteiger charge is -2.27. The van der Waals surface area contributed by atoms with E-state index < -0.39 is 11.6 Å². The Kier molecular flexibility index (Phi) is 5.35. The molecule has 0 saturated carbocycles. The van der Waals surface area contributed by atoms with Gasteiger partial charge in [-0.2, -0.15) is 0 Å². The Morgan fingerprint density at radius 3 is 2.52 bits per heavy atom. The summed E-state index contributed by atoms with van der Waals surface area (Å²) in [5.41, 5.74) is 2.37. The maximum Gasteiger partial charge on any atom is 0.351 e. The zero-order valence-corrected chi connectivity index (χ0v) is 18.0. The number of morpholine rings is 1. The first kappa shape index (κ1) is 20.8. The lowest BCUT2D eigenvalue weighted by atomic mass is 10.1. The van der Waals surface area contributed by atoms with Crippen molar-refractivity contribution in [2.24, 2.45) is 0 Å². The predicted octanol–water partition coefficient (Wildman–Crippen LogP) is 1.72. The number of anilines is 2. The van der Waals surface area contributed by atoms with Crippen LogP contribution in [0.3, 0.4) is 0 Å². The molecule has 33 heavy (non-hydrogen) atoms. The second kappa shape index (κ2) is 8.47. The highest BCUT2D eigenvalue weighted by atomic mass is 16.5. The quantitative estimate of drug-likeness (QED) is 0.465. The number of fused-ring (bicyclic) bond motifs is 3. The van der Waals surface area contributed by atoms with Crippen LogP contribution in [-0.4, -0.2) is 57.2 Å². The molecule has 10 nitrogen and oxygen atoms in total. The first-order valence-electron chi connectivity index (χ1n) is 10.6. The van der Waals surface area contributed by atoms with Crippen molar-refractivity contribution in [1.82, 2.24) is 19.2 Å². The Bertz CT molecular complexity index is 1420. The molecule has 0 spiro atoms. The van der Waals surface area contributed by atoms with Gasteiger partial charge in [0.2, 0.25) is 11.6 Å². The number of nitrogens with zero attached hydrogens (tertiary/aromatic N) is 5. The summed E-state index contributed by atoms with van der Waals surface area (Å²) in [6, 6.07) is 13.9. The van der Waals surface area contributed by atoms with Gasteiger partial charge in [0.15, 0.2) is 11.6 Å². The van der Waals surface area contributed by atoms with Crippen molar-refractivity contribution in [3.63, 3.8) is 0 Å². The van der Waals surface area contributed by atoms with Crippen LogP contribution in [0, 0.1) is 0 Å². The van der Waals surface area contributed by atoms with Crippen molar-refractivity contribution in [3.8, 4) is 0 Å². The minimum Gasteiger partial charge on any atom is -0.378 e. The van der Waals surface area contributed by atoms with Gasteiger partial charge in [-0.05, 0) is 43.3 Å². The van der Waals surface area contributed by atoms with Gasteiger partial charge in [0.25, 0.3) is 0 Å². The predicted molar refractivity (Wildman–Crippen MR) is 123 cm³/mol. The van der Waals surface area contributed by atoms with Crippen LogP contribution in [0.25, 0.3) is 16.7 Å². The molecule has 3 heterocycles. The van der Waals surface area contributed by atoms with Crippen molar-refractivity contribution in [3.05, 3.63) is 64.6 Å². The molecule has 0 unspecified atom stereocenters. The Labute approximate surface area is 188 Å². The number of rotatable bonds is 5. The molecule has 1 N–H and O–H groups in total. The van der Waals surface area contributed by atoms with Crippen molar-refractivity contribution in [2.45, 2.75) is 13.5 Å². The van der Waals surface area contributed by atoms with E-state index in [2.05, 4.69) is 10.4 Å². The third-order valence-electron chi connectivity index (χ3n) is 5.57. The molecule has 5 rings (SSSR count). The molecule has 0 aliphatic carbocycles. The van der Waals surface area contributed by atoms with Crippen LogP contribution >= 0.6 is 0 Å². The normalized spacial score (nSPS) is 14.0. The third kappa shape index (κ3) is 3.96. The Morgan fingerprint density at radius 1 is 1.06 bits per heavy atom. The molecular formula is C23H22N6O4. The fourth-order valence-electron chi connectivity index (χ4n) is 3.90. The summed E-state index contributed by atoms with van der Waals surface area (Å²) in [5, 5.41) is 7.21. The standard InChI is InChI=1S/C23H22N6O4/c1-15(30)16-6-8-17(9-7-16)24-20(31)14-28-23(32)29-19-5-3-2-4-18(19)25-21(22(29)26-28)27-10-12-33-13-11-27/h2-9H,10-14H2,1H3,(H,24,31). The number of nitrogens with one attached hydrogen (secondary N) is 1. The summed E-state index contributed by atoms with van der Waals surface area (Å²) >= 11 is 0. The van der Waals surface area contributed by atoms with Gasteiger partial charge in [-0.3, -0.25) is 9.59 Å². The van der Waals surface area contributed by atoms with Gasteiger partial charge in [-0.1, -0.05) is 12.1 Å². The summed E-state index contributed by atoms with van der Waals surface area (Å²) in [7, 11) is 0. The number of ketones is 1. The van der Waals surface area contributed by atoms with Gasteiger partial charge in [-0.25, -0.2) is 18.9 Å². The topological polar surface area (TPSA) is 111 Å². The van der Waals surface area contributed by atoms with E-state index in [9.17, 15) is 14.4 Å². The Hall–Kier alpha value is -4.05. The van der Waals surface area contributed by atoms with Gasteiger partial charge in [0.1, 0.15) is 6.54 Å². The number of aromatic nitrogens is 4. The van der Waals surface area contributed by atoms with Gasteiger partial charge in [0, 0.05) is 24.3 Å². The minimum atomic E-state index is -0.416. The second-order valence-electron chi connectivity index (χ2n) is 7.80. The monoisotopic (exact) mass is 446 g/mol. The van der Waals surface area contributed by atoms with E-state index in [0.717, 1.165) is 4.68 Å². The SMILES string of the molecule is CC(=O)c1ccc(NC(=O)Cn2nc3c(N4CCOCC4)nc4ccccc4n3c2=O)cc1. The number of hydrogen-bond acceptors (Lipinski definition) is 7. The summed E-state index contributed by atoms with van der Waals surface area (Å²) in [5.74, 6) is 0.135. The molecule has 2 aromatic heterocycles. The largest absolute Gasteiger partial charge is 0.378 e. The first-order valence-corrected chi connectivity index (χ1v) is 10.6. The van der Waals surface area contributed by atoms with E-state index in [1.165, 1.54) is 11.3 Å². The molecule has 10 heteroatoms. The van der Waals surface area contributed by atoms with Crippen LogP contribution in [0.15, 0.2) is 53.3 Å². The van der Waals surface area contributed by atoms with Crippen LogP contribution in [0.2, 0.25) is 0 Å². The molecule has 1 amide bonds. The minimum absolute atomic E-state index is 0.0546. The fraction of sp³-hybridized carbons (Fsp3) is 0.261. The number of ether oxygens (including phenoxy) is 1. The number of Topliss-reactive ketones (excluding diaryl/α,β-unsaturated/α-hetero) is 1. The zero-order valence-electron chi connectivity index (χ0n) is 18.0. The molecule has 1 aliphatic rings. The summed E-state index contributed by atoms with van der Waals surface area (Å²) in [6.45, 7) is 3.63. The van der Waals surface area contributed by atoms with Gasteiger partial charge in [0.05, 0.1) is 24.2 Å². The molecule has 1 fully saturated rings. The lowest BCUT2D eigenvalue weighted by molar-refractivity contribution is -0.117. The maximum atomic E-state index is 13.3. The number of hydrogen-bond donors (Lipinski definition) is 1. The van der Waals surface area contributed by atoms with Gasteiger partial charge >= 0.3 is 5.69 Å². The van der Waals surface area contributed by atoms with E-state index in [4.69, 9.17) is 9.72 Å². The highest BCUT2D eigenvalue weighted by Gasteiger charge is 2.22. The number of carbonyl (C=O) groups excluding carboxylic acids is 2. The smallest absolute Gasteiger partial charge is 0.351 e. The van der Waals surface area contributed by atoms with Crippen LogP contribution < -0.4 is 15.9 Å². The molecule has 1 aliphatic heterocycles. The summed E-state index contributed by atoms with van der Waals surface area (Å²) in [6.07, 6.45) is 0. The van der Waals surface area contributed by atoms with Gasteiger partial charge < -0.3 is 15.0 Å². The molecule has 4 aromatic rings. The fourth-order valence-corrected chi connectivity index (χ4v) is 3.90. The third-order valence-corrected chi connectivity index (χ3v) is 5.57. The van der Waals surface area contributed by atoms with Crippen LogP contribution in [0.5, 0.6) is 0 Å². The van der Waals surface area contributed by atoms with Gasteiger partial charge in [-0.15, -0.1) is 5.10 Å². The highest BCUT2D eigenvalue weighted by molar-refractivity contribution is 5.95. The average Bonchev–Trinajstić information content (AvgIpc) is 3.15. The van der Waals surface area contributed by atoms with Crippen LogP contribution in [0.4, 0.5) is 11.5 Å². The molecule has 2 aromatic carbocycles. The van der Waals surface area contributed by atoms with E-state index in [1.54, 1.807) is 24.3 Å². The Balaban J connectivity index is 1.50. The highest BCUT2D eigenvalue weighted by Crippen LogP contribution is 2.23. The number of para-hydroxylation sites is 2. The van der Waals surface area contributed by atoms with Crippen LogP contribution in [-0.2, 0) is 16.1 Å². The van der Waals surface area contributed by atoms with E-state index in [-0.39, 0.29) is 12.3 Å². The van der Waals surface area contributed by atoms with Crippen molar-refractivity contribution in [1.29, 1.82) is 0 Å². The molecule has 0 atom stereocenters. The Morgan fingerprint density at radius 2 is 1.79 bits per heavy atom. The number of benzene rings is 2. The second-order valence-corrected chi connectivity index (χ2v) is 7.80.